The maximum Gasteiger partial charge on any atom is 0.195 e. The highest BCUT2D eigenvalue weighted by atomic mass is 16.4. The molecule has 0 bridgehead atoms. The number of nitrogens with two attached hydrogens (primary N) is 1. The van der Waals surface area contributed by atoms with E-state index >= 15 is 0 Å². The van der Waals surface area contributed by atoms with E-state index in [0.717, 1.165) is 18.2 Å². The van der Waals surface area contributed by atoms with Gasteiger partial charge in [0.1, 0.15) is 5.76 Å². The van der Waals surface area contributed by atoms with E-state index in [2.05, 4.69) is 11.8 Å². The van der Waals surface area contributed by atoms with Crippen LogP contribution >= 0.6 is 0 Å². The normalized spacial score (nSPS) is 22.7. The highest BCUT2D eigenvalue weighted by molar-refractivity contribution is 5.38. The molecule has 0 spiro atoms. The van der Waals surface area contributed by atoms with Crippen molar-refractivity contribution in [1.82, 2.24) is 0 Å². The Bertz CT molecular complexity index is 295. The largest absolute Gasteiger partial charge is 0.444 e. The van der Waals surface area contributed by atoms with Crippen LogP contribution in [0, 0.1) is 0 Å². The molecule has 0 radical (unpaired) electrons. The van der Waals surface area contributed by atoms with E-state index in [0.29, 0.717) is 12.6 Å². The van der Waals surface area contributed by atoms with E-state index in [9.17, 15) is 0 Å². The zero-order valence-electron chi connectivity index (χ0n) is 8.70. The predicted molar refractivity (Wildman–Crippen MR) is 57.3 cm³/mol. The summed E-state index contributed by atoms with van der Waals surface area (Å²) in [4.78, 5) is 2.34. The first kappa shape index (κ1) is 9.59. The first-order valence-electron chi connectivity index (χ1n) is 5.36. The molecule has 14 heavy (non-hydrogen) atoms. The molecular formula is C11H18N2O. The lowest BCUT2D eigenvalue weighted by atomic mass is 10.0. The molecule has 78 valence electrons. The van der Waals surface area contributed by atoms with Crippen molar-refractivity contribution < 1.29 is 4.42 Å². The van der Waals surface area contributed by atoms with Crippen LogP contribution in [0.1, 0.15) is 31.9 Å². The standard InChI is InChI=1S/C11H18N2O/c1-9-4-2-3-7-13(9)11-6-5-10(8-12)14-11/h5-6,9H,2-4,7-8,12H2,1H3. The van der Waals surface area contributed by atoms with Gasteiger partial charge in [-0.05, 0) is 32.3 Å². The van der Waals surface area contributed by atoms with Gasteiger partial charge in [-0.3, -0.25) is 0 Å². The Kier molecular flexibility index (Phi) is 2.77. The summed E-state index contributed by atoms with van der Waals surface area (Å²) in [6.45, 7) is 3.85. The van der Waals surface area contributed by atoms with Gasteiger partial charge in [-0.2, -0.15) is 0 Å². The molecule has 2 rings (SSSR count). The van der Waals surface area contributed by atoms with Crippen LogP contribution in [0.2, 0.25) is 0 Å². The SMILES string of the molecule is CC1CCCCN1c1ccc(CN)o1. The number of anilines is 1. The fraction of sp³-hybridized carbons (Fsp3) is 0.636. The van der Waals surface area contributed by atoms with Crippen LogP contribution < -0.4 is 10.6 Å². The minimum absolute atomic E-state index is 0.488. The molecule has 0 amide bonds. The zero-order valence-corrected chi connectivity index (χ0v) is 8.70. The van der Waals surface area contributed by atoms with E-state index in [4.69, 9.17) is 10.2 Å². The lowest BCUT2D eigenvalue weighted by Crippen LogP contribution is -2.37. The van der Waals surface area contributed by atoms with Crippen LogP contribution in [0.5, 0.6) is 0 Å². The maximum atomic E-state index is 5.64. The van der Waals surface area contributed by atoms with Gasteiger partial charge in [0.2, 0.25) is 0 Å². The quantitative estimate of drug-likeness (QED) is 0.784. The minimum Gasteiger partial charge on any atom is -0.444 e. The van der Waals surface area contributed by atoms with E-state index in [1.807, 2.05) is 12.1 Å². The van der Waals surface area contributed by atoms with Crippen LogP contribution in [0.3, 0.4) is 0 Å². The van der Waals surface area contributed by atoms with Gasteiger partial charge in [-0.25, -0.2) is 0 Å². The Morgan fingerprint density at radius 1 is 1.50 bits per heavy atom. The molecule has 2 heterocycles. The average molecular weight is 194 g/mol. The van der Waals surface area contributed by atoms with Gasteiger partial charge in [0.25, 0.3) is 0 Å². The Morgan fingerprint density at radius 2 is 2.36 bits per heavy atom. The summed E-state index contributed by atoms with van der Waals surface area (Å²) in [5, 5.41) is 0. The van der Waals surface area contributed by atoms with Gasteiger partial charge >= 0.3 is 0 Å². The molecule has 2 N–H and O–H groups in total. The summed E-state index contributed by atoms with van der Waals surface area (Å²) < 4.78 is 5.64. The number of hydrogen-bond donors (Lipinski definition) is 1. The van der Waals surface area contributed by atoms with Crippen molar-refractivity contribution in [3.8, 4) is 0 Å². The van der Waals surface area contributed by atoms with Gasteiger partial charge in [0.05, 0.1) is 6.54 Å². The Labute approximate surface area is 84.9 Å². The van der Waals surface area contributed by atoms with E-state index in [1.54, 1.807) is 0 Å². The Hall–Kier alpha value is -0.960. The highest BCUT2D eigenvalue weighted by Gasteiger charge is 2.20. The lowest BCUT2D eigenvalue weighted by Gasteiger charge is -2.33. The molecule has 1 saturated heterocycles. The zero-order chi connectivity index (χ0) is 9.97. The molecule has 1 aromatic rings. The summed E-state index contributed by atoms with van der Waals surface area (Å²) >= 11 is 0. The number of rotatable bonds is 2. The fourth-order valence-corrected chi connectivity index (χ4v) is 2.06. The van der Waals surface area contributed by atoms with E-state index in [1.165, 1.54) is 19.3 Å². The van der Waals surface area contributed by atoms with Gasteiger partial charge < -0.3 is 15.1 Å². The van der Waals surface area contributed by atoms with Gasteiger partial charge in [0, 0.05) is 18.7 Å². The average Bonchev–Trinajstić information content (AvgIpc) is 2.67. The highest BCUT2D eigenvalue weighted by Crippen LogP contribution is 2.26. The van der Waals surface area contributed by atoms with Crippen molar-refractivity contribution in [2.45, 2.75) is 38.8 Å². The summed E-state index contributed by atoms with van der Waals surface area (Å²) in [6.07, 6.45) is 3.86. The van der Waals surface area contributed by atoms with Crippen LogP contribution in [0.4, 0.5) is 5.88 Å². The number of hydrogen-bond acceptors (Lipinski definition) is 3. The van der Waals surface area contributed by atoms with Crippen molar-refractivity contribution in [2.24, 2.45) is 5.73 Å². The monoisotopic (exact) mass is 194 g/mol. The molecule has 1 aliphatic heterocycles. The molecule has 3 heteroatoms. The number of furan rings is 1. The molecule has 0 aliphatic carbocycles. The van der Waals surface area contributed by atoms with Gasteiger partial charge in [-0.15, -0.1) is 0 Å². The van der Waals surface area contributed by atoms with E-state index in [-0.39, 0.29) is 0 Å². The summed E-state index contributed by atoms with van der Waals surface area (Å²) in [7, 11) is 0. The summed E-state index contributed by atoms with van der Waals surface area (Å²) in [5.41, 5.74) is 5.52. The van der Waals surface area contributed by atoms with Crippen LogP contribution in [-0.4, -0.2) is 12.6 Å². The van der Waals surface area contributed by atoms with Crippen molar-refractivity contribution in [3.05, 3.63) is 17.9 Å². The second-order valence-corrected chi connectivity index (χ2v) is 3.98. The Morgan fingerprint density at radius 3 is 3.00 bits per heavy atom. The first-order chi connectivity index (χ1) is 6.81. The van der Waals surface area contributed by atoms with Gasteiger partial charge in [0.15, 0.2) is 5.88 Å². The third-order valence-corrected chi connectivity index (χ3v) is 2.93. The second kappa shape index (κ2) is 4.05. The predicted octanol–water partition coefficient (Wildman–Crippen LogP) is 2.12. The molecular weight excluding hydrogens is 176 g/mol. The van der Waals surface area contributed by atoms with Crippen molar-refractivity contribution >= 4 is 5.88 Å². The smallest absolute Gasteiger partial charge is 0.195 e. The molecule has 1 aliphatic rings. The number of piperidine rings is 1. The second-order valence-electron chi connectivity index (χ2n) is 3.98. The van der Waals surface area contributed by atoms with Crippen molar-refractivity contribution in [1.29, 1.82) is 0 Å². The molecule has 0 saturated carbocycles. The molecule has 1 atom stereocenters. The summed E-state index contributed by atoms with van der Waals surface area (Å²) in [6, 6.07) is 4.60. The van der Waals surface area contributed by atoms with Crippen LogP contribution in [0.25, 0.3) is 0 Å². The molecule has 0 aromatic carbocycles. The van der Waals surface area contributed by atoms with Gasteiger partial charge in [-0.1, -0.05) is 0 Å². The third kappa shape index (κ3) is 1.77. The summed E-state index contributed by atoms with van der Waals surface area (Å²) in [5.74, 6) is 1.86. The Balaban J connectivity index is 2.12. The van der Waals surface area contributed by atoms with Crippen LogP contribution in [-0.2, 0) is 6.54 Å². The van der Waals surface area contributed by atoms with Crippen LogP contribution in [0.15, 0.2) is 16.5 Å². The first-order valence-corrected chi connectivity index (χ1v) is 5.36. The van der Waals surface area contributed by atoms with Crippen molar-refractivity contribution in [2.75, 3.05) is 11.4 Å². The molecule has 1 unspecified atom stereocenters. The third-order valence-electron chi connectivity index (χ3n) is 2.93. The minimum atomic E-state index is 0.488. The molecule has 1 fully saturated rings. The topological polar surface area (TPSA) is 42.4 Å². The molecule has 3 nitrogen and oxygen atoms in total. The van der Waals surface area contributed by atoms with E-state index < -0.39 is 0 Å². The maximum absolute atomic E-state index is 5.64. The lowest BCUT2D eigenvalue weighted by molar-refractivity contribution is 0.428. The molecule has 1 aromatic heterocycles. The number of nitrogens with zero attached hydrogens (tertiary/aromatic N) is 1. The van der Waals surface area contributed by atoms with Crippen molar-refractivity contribution in [3.63, 3.8) is 0 Å². The fourth-order valence-electron chi connectivity index (χ4n) is 2.06.